The molecule has 0 amide bonds. The maximum atomic E-state index is 8.56. The summed E-state index contributed by atoms with van der Waals surface area (Å²) >= 11 is 0. The smallest absolute Gasteiger partial charge is 0.130 e. The number of rotatable bonds is 1. The Labute approximate surface area is 74.9 Å². The van der Waals surface area contributed by atoms with Crippen molar-refractivity contribution >= 4 is 0 Å². The van der Waals surface area contributed by atoms with Gasteiger partial charge >= 0.3 is 0 Å². The number of methoxy groups -OCH3 is 1. The van der Waals surface area contributed by atoms with Crippen LogP contribution in [-0.2, 0) is 4.74 Å². The largest absolute Gasteiger partial charge is 0.384 e. The van der Waals surface area contributed by atoms with Crippen LogP contribution in [0.1, 0.15) is 27.7 Å². The summed E-state index contributed by atoms with van der Waals surface area (Å²) in [4.78, 5) is 0. The number of ether oxygens (including phenoxy) is 1. The van der Waals surface area contributed by atoms with Gasteiger partial charge < -0.3 is 9.84 Å². The molecule has 0 fully saturated rings. The standard InChI is InChI=1S/C10H18O2/c1-9(2,3)10(4,12-5)7-6-8-11/h11H,8H2,1-5H3. The third kappa shape index (κ3) is 2.51. The van der Waals surface area contributed by atoms with Gasteiger partial charge in [0.1, 0.15) is 12.2 Å². The lowest BCUT2D eigenvalue weighted by Crippen LogP contribution is -2.40. The highest BCUT2D eigenvalue weighted by Crippen LogP contribution is 2.32. The molecule has 12 heavy (non-hydrogen) atoms. The van der Waals surface area contributed by atoms with Gasteiger partial charge in [0.25, 0.3) is 0 Å². The van der Waals surface area contributed by atoms with E-state index in [1.165, 1.54) is 0 Å². The van der Waals surface area contributed by atoms with Crippen molar-refractivity contribution in [2.24, 2.45) is 5.41 Å². The maximum Gasteiger partial charge on any atom is 0.130 e. The van der Waals surface area contributed by atoms with E-state index in [2.05, 4.69) is 32.6 Å². The number of aliphatic hydroxyl groups is 1. The lowest BCUT2D eigenvalue weighted by Gasteiger charge is -2.36. The molecule has 0 rings (SSSR count). The summed E-state index contributed by atoms with van der Waals surface area (Å²) in [6, 6.07) is 0. The van der Waals surface area contributed by atoms with E-state index in [0.717, 1.165) is 0 Å². The molecular formula is C10H18O2. The molecule has 2 nitrogen and oxygen atoms in total. The molecule has 1 unspecified atom stereocenters. The minimum atomic E-state index is -0.490. The molecule has 0 bridgehead atoms. The van der Waals surface area contributed by atoms with Crippen LogP contribution in [0.15, 0.2) is 0 Å². The molecule has 0 aliphatic rings. The average Bonchev–Trinajstić information content (AvgIpc) is 1.98. The van der Waals surface area contributed by atoms with E-state index in [4.69, 9.17) is 9.84 Å². The summed E-state index contributed by atoms with van der Waals surface area (Å²) < 4.78 is 5.32. The predicted octanol–water partition coefficient (Wildman–Crippen LogP) is 1.43. The SMILES string of the molecule is COC(C)(C#CCO)C(C)(C)C. The minimum Gasteiger partial charge on any atom is -0.384 e. The second-order valence-electron chi connectivity index (χ2n) is 3.95. The fraction of sp³-hybridized carbons (Fsp3) is 0.800. The van der Waals surface area contributed by atoms with Crippen LogP contribution in [0.4, 0.5) is 0 Å². The molecule has 0 aromatic rings. The Morgan fingerprint density at radius 1 is 1.25 bits per heavy atom. The van der Waals surface area contributed by atoms with Crippen molar-refractivity contribution in [3.05, 3.63) is 0 Å². The van der Waals surface area contributed by atoms with Gasteiger partial charge in [-0.05, 0) is 6.92 Å². The van der Waals surface area contributed by atoms with Crippen LogP contribution in [0.25, 0.3) is 0 Å². The second-order valence-corrected chi connectivity index (χ2v) is 3.95. The van der Waals surface area contributed by atoms with Gasteiger partial charge in [0, 0.05) is 12.5 Å². The number of hydrogen-bond acceptors (Lipinski definition) is 2. The number of hydrogen-bond donors (Lipinski definition) is 1. The normalized spacial score (nSPS) is 16.2. The zero-order valence-electron chi connectivity index (χ0n) is 8.56. The van der Waals surface area contributed by atoms with E-state index in [9.17, 15) is 0 Å². The molecule has 2 heteroatoms. The van der Waals surface area contributed by atoms with E-state index >= 15 is 0 Å². The van der Waals surface area contributed by atoms with Crippen LogP contribution in [0.2, 0.25) is 0 Å². The molecule has 0 aliphatic heterocycles. The van der Waals surface area contributed by atoms with Crippen molar-refractivity contribution in [1.29, 1.82) is 0 Å². The Hall–Kier alpha value is -0.520. The molecule has 0 aromatic heterocycles. The van der Waals surface area contributed by atoms with Crippen molar-refractivity contribution in [3.63, 3.8) is 0 Å². The molecule has 1 N–H and O–H groups in total. The Bertz CT molecular complexity index is 192. The number of aliphatic hydroxyl groups excluding tert-OH is 1. The van der Waals surface area contributed by atoms with E-state index in [0.29, 0.717) is 0 Å². The highest BCUT2D eigenvalue weighted by atomic mass is 16.5. The fourth-order valence-corrected chi connectivity index (χ4v) is 0.753. The first kappa shape index (κ1) is 11.5. The van der Waals surface area contributed by atoms with E-state index in [1.807, 2.05) is 6.92 Å². The molecule has 0 heterocycles. The van der Waals surface area contributed by atoms with Crippen molar-refractivity contribution < 1.29 is 9.84 Å². The van der Waals surface area contributed by atoms with Crippen LogP contribution < -0.4 is 0 Å². The first-order valence-corrected chi connectivity index (χ1v) is 4.03. The summed E-state index contributed by atoms with van der Waals surface area (Å²) in [5.74, 6) is 5.54. The first-order valence-electron chi connectivity index (χ1n) is 4.03. The molecular weight excluding hydrogens is 152 g/mol. The van der Waals surface area contributed by atoms with Crippen molar-refractivity contribution in [1.82, 2.24) is 0 Å². The third-order valence-corrected chi connectivity index (χ3v) is 2.25. The van der Waals surface area contributed by atoms with Gasteiger partial charge in [0.2, 0.25) is 0 Å². The summed E-state index contributed by atoms with van der Waals surface area (Å²) in [7, 11) is 1.64. The van der Waals surface area contributed by atoms with Gasteiger partial charge in [-0.25, -0.2) is 0 Å². The summed E-state index contributed by atoms with van der Waals surface area (Å²) in [6.45, 7) is 7.98. The Morgan fingerprint density at radius 2 is 1.75 bits per heavy atom. The topological polar surface area (TPSA) is 29.5 Å². The monoisotopic (exact) mass is 170 g/mol. The van der Waals surface area contributed by atoms with E-state index in [-0.39, 0.29) is 12.0 Å². The lowest BCUT2D eigenvalue weighted by molar-refractivity contribution is -0.0293. The highest BCUT2D eigenvalue weighted by Gasteiger charge is 2.35. The van der Waals surface area contributed by atoms with Gasteiger partial charge in [-0.1, -0.05) is 32.6 Å². The van der Waals surface area contributed by atoms with E-state index in [1.54, 1.807) is 7.11 Å². The van der Waals surface area contributed by atoms with Gasteiger partial charge in [-0.3, -0.25) is 0 Å². The second kappa shape index (κ2) is 3.93. The predicted molar refractivity (Wildman–Crippen MR) is 49.7 cm³/mol. The molecule has 0 saturated carbocycles. The van der Waals surface area contributed by atoms with Crippen LogP contribution in [0, 0.1) is 17.3 Å². The Kier molecular flexibility index (Phi) is 3.76. The molecule has 0 spiro atoms. The van der Waals surface area contributed by atoms with Crippen molar-refractivity contribution in [2.45, 2.75) is 33.3 Å². The third-order valence-electron chi connectivity index (χ3n) is 2.25. The maximum absolute atomic E-state index is 8.56. The average molecular weight is 170 g/mol. The zero-order valence-corrected chi connectivity index (χ0v) is 8.56. The Balaban J connectivity index is 4.69. The first-order chi connectivity index (χ1) is 5.37. The molecule has 0 aliphatic carbocycles. The van der Waals surface area contributed by atoms with Crippen LogP contribution >= 0.6 is 0 Å². The minimum absolute atomic E-state index is 0.0517. The van der Waals surface area contributed by atoms with Crippen LogP contribution in [0.3, 0.4) is 0 Å². The molecule has 1 atom stereocenters. The molecule has 70 valence electrons. The lowest BCUT2D eigenvalue weighted by atomic mass is 9.78. The Morgan fingerprint density at radius 3 is 2.00 bits per heavy atom. The molecule has 0 saturated heterocycles. The fourth-order valence-electron chi connectivity index (χ4n) is 0.753. The van der Waals surface area contributed by atoms with Gasteiger partial charge in [-0.2, -0.15) is 0 Å². The molecule has 0 aromatic carbocycles. The summed E-state index contributed by atoms with van der Waals surface area (Å²) in [6.07, 6.45) is 0. The van der Waals surface area contributed by atoms with Crippen molar-refractivity contribution in [2.75, 3.05) is 13.7 Å². The van der Waals surface area contributed by atoms with Crippen molar-refractivity contribution in [3.8, 4) is 11.8 Å². The van der Waals surface area contributed by atoms with E-state index < -0.39 is 5.60 Å². The van der Waals surface area contributed by atoms with Crippen LogP contribution in [-0.4, -0.2) is 24.4 Å². The zero-order chi connectivity index (χ0) is 9.83. The highest BCUT2D eigenvalue weighted by molar-refractivity contribution is 5.17. The van der Waals surface area contributed by atoms with Gasteiger partial charge in [-0.15, -0.1) is 0 Å². The summed E-state index contributed by atoms with van der Waals surface area (Å²) in [5.41, 5.74) is -0.542. The van der Waals surface area contributed by atoms with Crippen LogP contribution in [0.5, 0.6) is 0 Å². The summed E-state index contributed by atoms with van der Waals surface area (Å²) in [5, 5.41) is 8.56. The molecule has 0 radical (unpaired) electrons. The van der Waals surface area contributed by atoms with Gasteiger partial charge in [0.15, 0.2) is 0 Å². The quantitative estimate of drug-likeness (QED) is 0.603. The van der Waals surface area contributed by atoms with Gasteiger partial charge in [0.05, 0.1) is 0 Å².